The van der Waals surface area contributed by atoms with Crippen molar-refractivity contribution in [2.75, 3.05) is 41.0 Å². The van der Waals surface area contributed by atoms with Crippen molar-refractivity contribution >= 4 is 11.9 Å². The molecule has 28 heavy (non-hydrogen) atoms. The van der Waals surface area contributed by atoms with Gasteiger partial charge in [-0.15, -0.1) is 0 Å². The minimum Gasteiger partial charge on any atom is -0.497 e. The maximum Gasteiger partial charge on any atom is 0.239 e. The van der Waals surface area contributed by atoms with E-state index in [0.29, 0.717) is 12.5 Å². The Labute approximate surface area is 168 Å². The number of methoxy groups -OCH3 is 2. The number of rotatable bonds is 10. The summed E-state index contributed by atoms with van der Waals surface area (Å²) in [5.74, 6) is 1.38. The molecule has 1 aromatic carbocycles. The average Bonchev–Trinajstić information content (AvgIpc) is 3.20. The molecule has 1 aromatic rings. The number of hydrogen-bond acceptors (Lipinski definition) is 4. The van der Waals surface area contributed by atoms with Crippen LogP contribution >= 0.6 is 0 Å². The molecule has 0 spiro atoms. The molecule has 1 aliphatic carbocycles. The summed E-state index contributed by atoms with van der Waals surface area (Å²) in [7, 11) is 5.11. The number of hydrogen-bond donors (Lipinski definition) is 3. The maximum absolute atomic E-state index is 12.1. The van der Waals surface area contributed by atoms with E-state index in [1.165, 1.54) is 25.7 Å². The van der Waals surface area contributed by atoms with Crippen molar-refractivity contribution in [2.45, 2.75) is 38.6 Å². The van der Waals surface area contributed by atoms with E-state index >= 15 is 0 Å². The van der Waals surface area contributed by atoms with Crippen LogP contribution in [0.3, 0.4) is 0 Å². The number of aliphatic imine (C=N–C) groups is 1. The largest absolute Gasteiger partial charge is 0.497 e. The molecule has 1 amide bonds. The van der Waals surface area contributed by atoms with Crippen LogP contribution in [0.25, 0.3) is 0 Å². The highest BCUT2D eigenvalue weighted by atomic mass is 16.5. The molecule has 7 heteroatoms. The molecule has 0 bridgehead atoms. The van der Waals surface area contributed by atoms with Gasteiger partial charge in [0.2, 0.25) is 5.91 Å². The second-order valence-corrected chi connectivity index (χ2v) is 7.35. The zero-order valence-electron chi connectivity index (χ0n) is 17.3. The van der Waals surface area contributed by atoms with Crippen LogP contribution in [0.15, 0.2) is 29.3 Å². The summed E-state index contributed by atoms with van der Waals surface area (Å²) < 4.78 is 10.4. The van der Waals surface area contributed by atoms with Gasteiger partial charge in [-0.05, 0) is 42.4 Å². The van der Waals surface area contributed by atoms with Crippen LogP contribution in [0.1, 0.15) is 37.7 Å². The highest BCUT2D eigenvalue weighted by Gasteiger charge is 2.33. The third-order valence-electron chi connectivity index (χ3n) is 5.42. The zero-order chi connectivity index (χ0) is 20.2. The molecular weight excluding hydrogens is 356 g/mol. The first-order valence-corrected chi connectivity index (χ1v) is 9.94. The smallest absolute Gasteiger partial charge is 0.239 e. The lowest BCUT2D eigenvalue weighted by molar-refractivity contribution is -0.120. The van der Waals surface area contributed by atoms with Crippen molar-refractivity contribution in [2.24, 2.45) is 10.4 Å². The van der Waals surface area contributed by atoms with Gasteiger partial charge in [-0.25, -0.2) is 0 Å². The van der Waals surface area contributed by atoms with E-state index in [0.717, 1.165) is 30.9 Å². The first kappa shape index (κ1) is 22.0. The Bertz CT molecular complexity index is 625. The van der Waals surface area contributed by atoms with E-state index < -0.39 is 0 Å². The number of benzene rings is 1. The number of amides is 1. The molecule has 3 N–H and O–H groups in total. The fourth-order valence-corrected chi connectivity index (χ4v) is 3.62. The quantitative estimate of drug-likeness (QED) is 0.421. The van der Waals surface area contributed by atoms with Gasteiger partial charge in [0.25, 0.3) is 0 Å². The lowest BCUT2D eigenvalue weighted by Gasteiger charge is -2.29. The molecule has 7 nitrogen and oxygen atoms in total. The summed E-state index contributed by atoms with van der Waals surface area (Å²) in [6.45, 7) is 2.29. The zero-order valence-corrected chi connectivity index (χ0v) is 17.3. The Kier molecular flexibility index (Phi) is 9.07. The Morgan fingerprint density at radius 1 is 1.11 bits per heavy atom. The molecule has 1 saturated carbocycles. The highest BCUT2D eigenvalue weighted by molar-refractivity contribution is 5.86. The Balaban J connectivity index is 1.72. The van der Waals surface area contributed by atoms with Gasteiger partial charge in [0.05, 0.1) is 13.7 Å². The number of carbonyl (C=O) groups is 1. The van der Waals surface area contributed by atoms with Crippen LogP contribution in [-0.4, -0.2) is 52.8 Å². The van der Waals surface area contributed by atoms with Crippen LogP contribution in [0.5, 0.6) is 5.75 Å². The number of nitrogens with zero attached hydrogens (tertiary/aromatic N) is 1. The van der Waals surface area contributed by atoms with Crippen LogP contribution in [-0.2, 0) is 16.1 Å². The van der Waals surface area contributed by atoms with E-state index in [1.807, 2.05) is 24.3 Å². The molecular formula is C21H34N4O3. The molecule has 0 unspecified atom stereocenters. The van der Waals surface area contributed by atoms with Crippen LogP contribution in [0.2, 0.25) is 0 Å². The molecule has 0 atom stereocenters. The molecule has 2 rings (SSSR count). The van der Waals surface area contributed by atoms with Crippen molar-refractivity contribution in [1.82, 2.24) is 16.0 Å². The topological polar surface area (TPSA) is 84.0 Å². The van der Waals surface area contributed by atoms with Crippen molar-refractivity contribution in [1.29, 1.82) is 0 Å². The van der Waals surface area contributed by atoms with Gasteiger partial charge in [-0.1, -0.05) is 25.0 Å². The third-order valence-corrected chi connectivity index (χ3v) is 5.42. The monoisotopic (exact) mass is 390 g/mol. The van der Waals surface area contributed by atoms with Crippen LogP contribution < -0.4 is 20.7 Å². The van der Waals surface area contributed by atoms with E-state index in [-0.39, 0.29) is 17.9 Å². The second kappa shape index (κ2) is 11.5. The summed E-state index contributed by atoms with van der Waals surface area (Å²) in [4.78, 5) is 16.4. The molecule has 0 saturated heterocycles. The Hall–Kier alpha value is -2.28. The van der Waals surface area contributed by atoms with Gasteiger partial charge in [0, 0.05) is 33.9 Å². The predicted molar refractivity (Wildman–Crippen MR) is 112 cm³/mol. The van der Waals surface area contributed by atoms with Crippen molar-refractivity contribution < 1.29 is 14.3 Å². The molecule has 156 valence electrons. The van der Waals surface area contributed by atoms with E-state index in [1.54, 1.807) is 21.3 Å². The minimum absolute atomic E-state index is 0.0752. The summed E-state index contributed by atoms with van der Waals surface area (Å²) in [5, 5.41) is 9.40. The van der Waals surface area contributed by atoms with Gasteiger partial charge in [0.1, 0.15) is 5.75 Å². The van der Waals surface area contributed by atoms with E-state index in [9.17, 15) is 4.79 Å². The predicted octanol–water partition coefficient (Wildman–Crippen LogP) is 2.07. The number of guanidine groups is 1. The summed E-state index contributed by atoms with van der Waals surface area (Å²) in [6, 6.07) is 7.64. The maximum atomic E-state index is 12.1. The van der Waals surface area contributed by atoms with Crippen molar-refractivity contribution in [3.05, 3.63) is 29.8 Å². The van der Waals surface area contributed by atoms with Crippen molar-refractivity contribution in [3.63, 3.8) is 0 Å². The number of ether oxygens (including phenoxy) is 2. The molecule has 0 radical (unpaired) electrons. The number of nitrogens with one attached hydrogen (secondary N) is 3. The van der Waals surface area contributed by atoms with Crippen LogP contribution in [0.4, 0.5) is 0 Å². The van der Waals surface area contributed by atoms with Gasteiger partial charge in [-0.2, -0.15) is 0 Å². The molecule has 0 aromatic heterocycles. The van der Waals surface area contributed by atoms with Gasteiger partial charge < -0.3 is 25.4 Å². The molecule has 1 fully saturated rings. The fourth-order valence-electron chi connectivity index (χ4n) is 3.62. The van der Waals surface area contributed by atoms with Crippen molar-refractivity contribution in [3.8, 4) is 5.75 Å². The summed E-state index contributed by atoms with van der Waals surface area (Å²) in [6.07, 6.45) is 6.01. The first-order chi connectivity index (χ1) is 13.6. The standard InChI is InChI=1S/C21H34N4O3/c1-22-20(25-16-21(12-13-27-2)10-4-5-11-21)24-15-19(26)23-14-17-6-8-18(28-3)9-7-17/h6-9H,4-5,10-16H2,1-3H3,(H,23,26)(H2,22,24,25). The second-order valence-electron chi connectivity index (χ2n) is 7.35. The molecule has 1 aliphatic rings. The number of carbonyl (C=O) groups excluding carboxylic acids is 1. The lowest BCUT2D eigenvalue weighted by atomic mass is 9.83. The van der Waals surface area contributed by atoms with Gasteiger partial charge in [-0.3, -0.25) is 9.79 Å². The fraction of sp³-hybridized carbons (Fsp3) is 0.619. The Morgan fingerprint density at radius 2 is 1.82 bits per heavy atom. The normalized spacial score (nSPS) is 15.9. The Morgan fingerprint density at radius 3 is 2.43 bits per heavy atom. The van der Waals surface area contributed by atoms with Gasteiger partial charge in [0.15, 0.2) is 5.96 Å². The SMILES string of the molecule is CN=C(NCC(=O)NCc1ccc(OC)cc1)NCC1(CCOC)CCCC1. The summed E-state index contributed by atoms with van der Waals surface area (Å²) in [5.41, 5.74) is 1.29. The van der Waals surface area contributed by atoms with E-state index in [2.05, 4.69) is 20.9 Å². The van der Waals surface area contributed by atoms with Crippen LogP contribution in [0, 0.1) is 5.41 Å². The summed E-state index contributed by atoms with van der Waals surface area (Å²) >= 11 is 0. The highest BCUT2D eigenvalue weighted by Crippen LogP contribution is 2.40. The first-order valence-electron chi connectivity index (χ1n) is 9.94. The minimum atomic E-state index is -0.0752. The molecule has 0 heterocycles. The third kappa shape index (κ3) is 7.03. The average molecular weight is 391 g/mol. The molecule has 0 aliphatic heterocycles. The van der Waals surface area contributed by atoms with Gasteiger partial charge >= 0.3 is 0 Å². The lowest BCUT2D eigenvalue weighted by Crippen LogP contribution is -2.46. The van der Waals surface area contributed by atoms with E-state index in [4.69, 9.17) is 9.47 Å².